The molecular formula is C71H134O6. The van der Waals surface area contributed by atoms with Gasteiger partial charge >= 0.3 is 17.9 Å². The molecule has 1 atom stereocenters. The van der Waals surface area contributed by atoms with Gasteiger partial charge in [0.25, 0.3) is 0 Å². The molecule has 0 aliphatic heterocycles. The fraction of sp³-hybridized carbons (Fsp3) is 0.901. The monoisotopic (exact) mass is 1080 g/mol. The molecule has 0 fully saturated rings. The van der Waals surface area contributed by atoms with Crippen molar-refractivity contribution in [1.29, 1.82) is 0 Å². The van der Waals surface area contributed by atoms with E-state index in [-0.39, 0.29) is 31.1 Å². The molecule has 0 aromatic heterocycles. The third-order valence-corrected chi connectivity index (χ3v) is 15.9. The van der Waals surface area contributed by atoms with E-state index >= 15 is 0 Å². The van der Waals surface area contributed by atoms with Crippen molar-refractivity contribution in [2.45, 2.75) is 399 Å². The van der Waals surface area contributed by atoms with E-state index < -0.39 is 6.10 Å². The van der Waals surface area contributed by atoms with Gasteiger partial charge in [-0.1, -0.05) is 328 Å². The van der Waals surface area contributed by atoms with Crippen molar-refractivity contribution in [3.05, 3.63) is 24.3 Å². The number of esters is 3. The Morgan fingerprint density at radius 3 is 0.649 bits per heavy atom. The molecule has 1 unspecified atom stereocenters. The van der Waals surface area contributed by atoms with E-state index in [0.717, 1.165) is 57.8 Å². The maximum absolute atomic E-state index is 12.9. The Hall–Kier alpha value is -2.11. The molecule has 0 aliphatic rings. The summed E-state index contributed by atoms with van der Waals surface area (Å²) in [5.74, 6) is -0.843. The molecule has 454 valence electrons. The molecule has 0 spiro atoms. The van der Waals surface area contributed by atoms with Crippen LogP contribution in [0.3, 0.4) is 0 Å². The summed E-state index contributed by atoms with van der Waals surface area (Å²) >= 11 is 0. The highest BCUT2D eigenvalue weighted by Crippen LogP contribution is 2.18. The lowest BCUT2D eigenvalue weighted by Crippen LogP contribution is -2.30. The third kappa shape index (κ3) is 64.6. The predicted octanol–water partition coefficient (Wildman–Crippen LogP) is 23.8. The minimum absolute atomic E-state index is 0.0663. The molecule has 0 bridgehead atoms. The van der Waals surface area contributed by atoms with Crippen LogP contribution < -0.4 is 0 Å². The van der Waals surface area contributed by atoms with Gasteiger partial charge in [-0.3, -0.25) is 14.4 Å². The maximum Gasteiger partial charge on any atom is 0.306 e. The second-order valence-electron chi connectivity index (χ2n) is 23.8. The molecule has 0 N–H and O–H groups in total. The van der Waals surface area contributed by atoms with Crippen LogP contribution in [0.25, 0.3) is 0 Å². The van der Waals surface area contributed by atoms with E-state index in [1.54, 1.807) is 0 Å². The molecule has 0 aromatic carbocycles. The van der Waals surface area contributed by atoms with Gasteiger partial charge in [-0.15, -0.1) is 0 Å². The normalized spacial score (nSPS) is 12.1. The molecule has 0 heterocycles. The zero-order valence-corrected chi connectivity index (χ0v) is 52.3. The number of hydrogen-bond acceptors (Lipinski definition) is 6. The first-order valence-corrected chi connectivity index (χ1v) is 34.8. The Morgan fingerprint density at radius 2 is 0.429 bits per heavy atom. The first-order valence-electron chi connectivity index (χ1n) is 34.8. The predicted molar refractivity (Wildman–Crippen MR) is 335 cm³/mol. The highest BCUT2D eigenvalue weighted by Gasteiger charge is 2.19. The molecule has 0 rings (SSSR count). The van der Waals surface area contributed by atoms with Crippen molar-refractivity contribution in [3.8, 4) is 0 Å². The Kier molecular flexibility index (Phi) is 64.6. The van der Waals surface area contributed by atoms with Crippen LogP contribution in [-0.4, -0.2) is 37.2 Å². The fourth-order valence-corrected chi connectivity index (χ4v) is 10.7. The number of allylic oxidation sites excluding steroid dienone is 4. The van der Waals surface area contributed by atoms with Gasteiger partial charge in [0.2, 0.25) is 0 Å². The van der Waals surface area contributed by atoms with Crippen molar-refractivity contribution in [1.82, 2.24) is 0 Å². The largest absolute Gasteiger partial charge is 0.462 e. The van der Waals surface area contributed by atoms with E-state index in [9.17, 15) is 14.4 Å². The van der Waals surface area contributed by atoms with Gasteiger partial charge in [0.1, 0.15) is 13.2 Å². The van der Waals surface area contributed by atoms with Gasteiger partial charge in [-0.05, 0) is 70.6 Å². The smallest absolute Gasteiger partial charge is 0.306 e. The average molecular weight is 1080 g/mol. The Labute approximate surface area is 481 Å². The number of hydrogen-bond donors (Lipinski definition) is 0. The number of ether oxygens (including phenoxy) is 3. The quantitative estimate of drug-likeness (QED) is 0.0261. The molecule has 0 saturated heterocycles. The number of carbonyl (C=O) groups is 3. The lowest BCUT2D eigenvalue weighted by Gasteiger charge is -2.18. The molecule has 6 nitrogen and oxygen atoms in total. The second-order valence-corrected chi connectivity index (χ2v) is 23.8. The minimum atomic E-state index is -0.768. The van der Waals surface area contributed by atoms with Crippen molar-refractivity contribution >= 4 is 17.9 Å². The Morgan fingerprint density at radius 1 is 0.247 bits per heavy atom. The summed E-state index contributed by atoms with van der Waals surface area (Å²) < 4.78 is 16.9. The molecule has 0 saturated carbocycles. The van der Waals surface area contributed by atoms with Gasteiger partial charge in [0.05, 0.1) is 0 Å². The van der Waals surface area contributed by atoms with E-state index in [1.807, 2.05) is 0 Å². The van der Waals surface area contributed by atoms with Crippen molar-refractivity contribution in [3.63, 3.8) is 0 Å². The van der Waals surface area contributed by atoms with Gasteiger partial charge < -0.3 is 14.2 Å². The molecule has 0 radical (unpaired) electrons. The van der Waals surface area contributed by atoms with Crippen LogP contribution in [0, 0.1) is 0 Å². The van der Waals surface area contributed by atoms with Crippen molar-refractivity contribution in [2.75, 3.05) is 13.2 Å². The minimum Gasteiger partial charge on any atom is -0.462 e. The van der Waals surface area contributed by atoms with E-state index in [4.69, 9.17) is 14.2 Å². The number of unbranched alkanes of at least 4 members (excludes halogenated alkanes) is 50. The fourth-order valence-electron chi connectivity index (χ4n) is 10.7. The summed E-state index contributed by atoms with van der Waals surface area (Å²) in [6, 6.07) is 0. The van der Waals surface area contributed by atoms with Gasteiger partial charge in [0, 0.05) is 19.3 Å². The zero-order valence-electron chi connectivity index (χ0n) is 52.3. The van der Waals surface area contributed by atoms with Crippen LogP contribution in [0.5, 0.6) is 0 Å². The van der Waals surface area contributed by atoms with Crippen LogP contribution in [0.2, 0.25) is 0 Å². The summed E-state index contributed by atoms with van der Waals surface area (Å²) in [4.78, 5) is 38.2. The third-order valence-electron chi connectivity index (χ3n) is 15.9. The number of rotatable bonds is 65. The van der Waals surface area contributed by atoms with E-state index in [2.05, 4.69) is 45.1 Å². The molecule has 0 aromatic rings. The Bertz CT molecular complexity index is 1240. The zero-order chi connectivity index (χ0) is 55.7. The van der Waals surface area contributed by atoms with Gasteiger partial charge in [-0.25, -0.2) is 0 Å². The SMILES string of the molecule is CCCCCCCCCC/C=C\CCCCCCCCCCCCCCCCCCCC(=O)OCC(COC(=O)CCCCCCCCCCC)OC(=O)CCCCCCCCCCC/C=C\CCCCCCCCCC. The first-order chi connectivity index (χ1) is 38.0. The first kappa shape index (κ1) is 74.9. The number of carbonyl (C=O) groups excluding carboxylic acids is 3. The standard InChI is InChI=1S/C71H134O6/c1-4-7-10-13-16-19-21-23-25-27-29-31-32-33-34-35-36-37-38-40-41-43-45-47-49-52-55-58-61-64-70(73)76-67-68(66-75-69(72)63-60-57-54-51-18-15-12-9-6-3)77-71(74)65-62-59-56-53-50-48-46-44-42-39-30-28-26-24-22-20-17-14-11-8-5-2/h27-30,68H,4-26,31-67H2,1-3H3/b29-27-,30-28-. The van der Waals surface area contributed by atoms with Crippen molar-refractivity contribution < 1.29 is 28.6 Å². The molecule has 6 heteroatoms. The van der Waals surface area contributed by atoms with Crippen LogP contribution >= 0.6 is 0 Å². The molecule has 0 aliphatic carbocycles. The molecule has 77 heavy (non-hydrogen) atoms. The summed E-state index contributed by atoms with van der Waals surface area (Å²) in [6.07, 6.45) is 80.8. The lowest BCUT2D eigenvalue weighted by molar-refractivity contribution is -0.167. The van der Waals surface area contributed by atoms with Gasteiger partial charge in [0.15, 0.2) is 6.10 Å². The van der Waals surface area contributed by atoms with Crippen LogP contribution in [-0.2, 0) is 28.6 Å². The average Bonchev–Trinajstić information content (AvgIpc) is 3.43. The van der Waals surface area contributed by atoms with Crippen LogP contribution in [0.1, 0.15) is 393 Å². The maximum atomic E-state index is 12.9. The van der Waals surface area contributed by atoms with E-state index in [1.165, 1.54) is 295 Å². The molecular weight excluding hydrogens is 949 g/mol. The molecule has 0 amide bonds. The van der Waals surface area contributed by atoms with Crippen molar-refractivity contribution in [2.24, 2.45) is 0 Å². The summed E-state index contributed by atoms with van der Waals surface area (Å²) in [7, 11) is 0. The summed E-state index contributed by atoms with van der Waals surface area (Å²) in [5, 5.41) is 0. The highest BCUT2D eigenvalue weighted by atomic mass is 16.6. The van der Waals surface area contributed by atoms with Crippen LogP contribution in [0.4, 0.5) is 0 Å². The summed E-state index contributed by atoms with van der Waals surface area (Å²) in [6.45, 7) is 6.69. The van der Waals surface area contributed by atoms with E-state index in [0.29, 0.717) is 19.3 Å². The lowest BCUT2D eigenvalue weighted by atomic mass is 10.0. The Balaban J connectivity index is 4.09. The topological polar surface area (TPSA) is 78.9 Å². The highest BCUT2D eigenvalue weighted by molar-refractivity contribution is 5.71. The summed E-state index contributed by atoms with van der Waals surface area (Å²) in [5.41, 5.74) is 0. The van der Waals surface area contributed by atoms with Gasteiger partial charge in [-0.2, -0.15) is 0 Å². The second kappa shape index (κ2) is 66.4. The van der Waals surface area contributed by atoms with Crippen LogP contribution in [0.15, 0.2) is 24.3 Å².